The number of benzene rings is 2. The van der Waals surface area contributed by atoms with Crippen LogP contribution < -0.4 is 5.32 Å². The second-order valence-electron chi connectivity index (χ2n) is 4.33. The van der Waals surface area contributed by atoms with Gasteiger partial charge in [-0.2, -0.15) is 0 Å². The molecule has 0 saturated carbocycles. The minimum absolute atomic E-state index is 0.508. The minimum atomic E-state index is -0.801. The van der Waals surface area contributed by atoms with Crippen LogP contribution in [0, 0.1) is 0 Å². The maximum atomic E-state index is 11.1. The molecule has 1 atom stereocenters. The van der Waals surface area contributed by atoms with Crippen LogP contribution in [0.25, 0.3) is 10.8 Å². The van der Waals surface area contributed by atoms with Crippen LogP contribution in [-0.2, 0) is 11.2 Å². The Labute approximate surface area is 106 Å². The first kappa shape index (κ1) is 12.6. The highest BCUT2D eigenvalue weighted by Gasteiger charge is 2.16. The summed E-state index contributed by atoms with van der Waals surface area (Å²) in [5, 5.41) is 14.4. The Bertz CT molecular complexity index is 551. The molecular weight excluding hydrogens is 226 g/mol. The number of carboxylic acids is 1. The van der Waals surface area contributed by atoms with Crippen LogP contribution in [0.5, 0.6) is 0 Å². The third-order valence-corrected chi connectivity index (χ3v) is 3.00. The van der Waals surface area contributed by atoms with Crippen molar-refractivity contribution in [3.8, 4) is 0 Å². The van der Waals surface area contributed by atoms with Gasteiger partial charge in [-0.25, -0.2) is 0 Å². The number of aliphatic carboxylic acids is 1. The van der Waals surface area contributed by atoms with Crippen molar-refractivity contribution in [3.63, 3.8) is 0 Å². The van der Waals surface area contributed by atoms with Gasteiger partial charge in [0.05, 0.1) is 0 Å². The van der Waals surface area contributed by atoms with E-state index in [0.717, 1.165) is 10.9 Å². The van der Waals surface area contributed by atoms with Crippen LogP contribution in [-0.4, -0.2) is 23.7 Å². The number of carbonyl (C=O) groups is 1. The lowest BCUT2D eigenvalue weighted by atomic mass is 10.0. The number of rotatable bonds is 5. The van der Waals surface area contributed by atoms with E-state index >= 15 is 0 Å². The predicted molar refractivity (Wildman–Crippen MR) is 72.8 cm³/mol. The first-order valence-electron chi connectivity index (χ1n) is 6.14. The zero-order chi connectivity index (χ0) is 13.0. The van der Waals surface area contributed by atoms with Crippen molar-refractivity contribution in [2.45, 2.75) is 19.4 Å². The molecule has 3 heteroatoms. The second-order valence-corrected chi connectivity index (χ2v) is 4.33. The zero-order valence-electron chi connectivity index (χ0n) is 10.4. The molecule has 0 heterocycles. The van der Waals surface area contributed by atoms with Crippen LogP contribution in [0.4, 0.5) is 0 Å². The van der Waals surface area contributed by atoms with Crippen molar-refractivity contribution in [2.24, 2.45) is 0 Å². The van der Waals surface area contributed by atoms with E-state index in [1.54, 1.807) is 0 Å². The molecule has 0 saturated heterocycles. The Morgan fingerprint density at radius 3 is 2.61 bits per heavy atom. The fourth-order valence-electron chi connectivity index (χ4n) is 2.09. The summed E-state index contributed by atoms with van der Waals surface area (Å²) in [4.78, 5) is 11.1. The fourth-order valence-corrected chi connectivity index (χ4v) is 2.09. The lowest BCUT2D eigenvalue weighted by Gasteiger charge is -2.13. The second kappa shape index (κ2) is 5.65. The largest absolute Gasteiger partial charge is 0.480 e. The van der Waals surface area contributed by atoms with Gasteiger partial charge in [-0.1, -0.05) is 49.4 Å². The lowest BCUT2D eigenvalue weighted by molar-refractivity contribution is -0.139. The van der Waals surface area contributed by atoms with Crippen LogP contribution in [0.2, 0.25) is 0 Å². The van der Waals surface area contributed by atoms with Gasteiger partial charge in [-0.15, -0.1) is 0 Å². The Balaban J connectivity index is 2.22. The first-order chi connectivity index (χ1) is 8.70. The summed E-state index contributed by atoms with van der Waals surface area (Å²) < 4.78 is 0. The maximum absolute atomic E-state index is 11.1. The van der Waals surface area contributed by atoms with E-state index in [0.29, 0.717) is 13.0 Å². The van der Waals surface area contributed by atoms with Crippen molar-refractivity contribution in [1.29, 1.82) is 0 Å². The number of nitrogens with one attached hydrogen (secondary N) is 1. The molecule has 0 aromatic heterocycles. The molecule has 2 aromatic carbocycles. The number of fused-ring (bicyclic) bond motifs is 1. The molecule has 18 heavy (non-hydrogen) atoms. The SMILES string of the molecule is CCN[C@H](Cc1ccc2ccccc2c1)C(=O)O. The van der Waals surface area contributed by atoms with Gasteiger partial charge in [-0.05, 0) is 29.3 Å². The standard InChI is InChI=1S/C15H17NO2/c1-2-16-14(15(17)18)10-11-7-8-12-5-3-4-6-13(12)9-11/h3-9,14,16H,2,10H2,1H3,(H,17,18)/t14-/m1/s1. The minimum Gasteiger partial charge on any atom is -0.480 e. The first-order valence-corrected chi connectivity index (χ1v) is 6.14. The topological polar surface area (TPSA) is 49.3 Å². The van der Waals surface area contributed by atoms with E-state index in [1.807, 2.05) is 37.3 Å². The number of hydrogen-bond acceptors (Lipinski definition) is 2. The molecule has 0 radical (unpaired) electrons. The van der Waals surface area contributed by atoms with E-state index in [4.69, 9.17) is 5.11 Å². The Kier molecular flexibility index (Phi) is 3.95. The monoisotopic (exact) mass is 243 g/mol. The van der Waals surface area contributed by atoms with E-state index in [9.17, 15) is 4.79 Å². The van der Waals surface area contributed by atoms with Gasteiger partial charge in [0.15, 0.2) is 0 Å². The Morgan fingerprint density at radius 2 is 1.94 bits per heavy atom. The van der Waals surface area contributed by atoms with Gasteiger partial charge in [0.25, 0.3) is 0 Å². The van der Waals surface area contributed by atoms with Crippen LogP contribution in [0.3, 0.4) is 0 Å². The van der Waals surface area contributed by atoms with Gasteiger partial charge in [-0.3, -0.25) is 4.79 Å². The molecule has 2 aromatic rings. The molecule has 3 nitrogen and oxygen atoms in total. The maximum Gasteiger partial charge on any atom is 0.321 e. The molecule has 0 aliphatic carbocycles. The van der Waals surface area contributed by atoms with E-state index in [1.165, 1.54) is 5.39 Å². The van der Waals surface area contributed by atoms with Crippen molar-refractivity contribution >= 4 is 16.7 Å². The summed E-state index contributed by atoms with van der Waals surface area (Å²) in [6.45, 7) is 2.57. The van der Waals surface area contributed by atoms with Gasteiger partial charge in [0, 0.05) is 0 Å². The van der Waals surface area contributed by atoms with Crippen molar-refractivity contribution in [1.82, 2.24) is 5.32 Å². The third-order valence-electron chi connectivity index (χ3n) is 3.00. The summed E-state index contributed by atoms with van der Waals surface area (Å²) in [5.74, 6) is -0.801. The number of hydrogen-bond donors (Lipinski definition) is 2. The Hall–Kier alpha value is -1.87. The van der Waals surface area contributed by atoms with E-state index in [-0.39, 0.29) is 0 Å². The molecule has 0 amide bonds. The molecule has 0 aliphatic heterocycles. The molecule has 2 rings (SSSR count). The third kappa shape index (κ3) is 2.87. The number of likely N-dealkylation sites (N-methyl/N-ethyl adjacent to an activating group) is 1. The summed E-state index contributed by atoms with van der Waals surface area (Å²) in [7, 11) is 0. The summed E-state index contributed by atoms with van der Waals surface area (Å²) in [6, 6.07) is 13.7. The normalized spacial score (nSPS) is 12.5. The van der Waals surface area contributed by atoms with E-state index < -0.39 is 12.0 Å². The molecule has 0 aliphatic rings. The van der Waals surface area contributed by atoms with Crippen molar-refractivity contribution in [2.75, 3.05) is 6.54 Å². The fraction of sp³-hybridized carbons (Fsp3) is 0.267. The van der Waals surface area contributed by atoms with Crippen LogP contribution >= 0.6 is 0 Å². The van der Waals surface area contributed by atoms with Crippen molar-refractivity contribution < 1.29 is 9.90 Å². The average Bonchev–Trinajstić information content (AvgIpc) is 2.38. The average molecular weight is 243 g/mol. The molecule has 0 fully saturated rings. The highest BCUT2D eigenvalue weighted by Crippen LogP contribution is 2.16. The molecule has 2 N–H and O–H groups in total. The predicted octanol–water partition coefficient (Wildman–Crippen LogP) is 2.45. The van der Waals surface area contributed by atoms with E-state index in [2.05, 4.69) is 17.4 Å². The molecule has 0 spiro atoms. The zero-order valence-corrected chi connectivity index (χ0v) is 10.4. The summed E-state index contributed by atoms with van der Waals surface area (Å²) in [5.41, 5.74) is 1.04. The van der Waals surface area contributed by atoms with Crippen LogP contribution in [0.1, 0.15) is 12.5 Å². The highest BCUT2D eigenvalue weighted by molar-refractivity contribution is 5.83. The highest BCUT2D eigenvalue weighted by atomic mass is 16.4. The molecule has 0 unspecified atom stereocenters. The summed E-state index contributed by atoms with van der Waals surface area (Å²) >= 11 is 0. The van der Waals surface area contributed by atoms with Crippen molar-refractivity contribution in [3.05, 3.63) is 48.0 Å². The molecular formula is C15H17NO2. The number of carboxylic acid groups (broad SMARTS) is 1. The quantitative estimate of drug-likeness (QED) is 0.848. The molecule has 94 valence electrons. The van der Waals surface area contributed by atoms with Gasteiger partial charge < -0.3 is 10.4 Å². The van der Waals surface area contributed by atoms with Gasteiger partial charge >= 0.3 is 5.97 Å². The van der Waals surface area contributed by atoms with Gasteiger partial charge in [0.1, 0.15) is 6.04 Å². The summed E-state index contributed by atoms with van der Waals surface area (Å²) in [6.07, 6.45) is 0.508. The van der Waals surface area contributed by atoms with Crippen LogP contribution in [0.15, 0.2) is 42.5 Å². The molecule has 0 bridgehead atoms. The Morgan fingerprint density at radius 1 is 1.22 bits per heavy atom. The lowest BCUT2D eigenvalue weighted by Crippen LogP contribution is -2.38. The van der Waals surface area contributed by atoms with Gasteiger partial charge in [0.2, 0.25) is 0 Å². The smallest absolute Gasteiger partial charge is 0.321 e.